The Bertz CT molecular complexity index is 1230. The van der Waals surface area contributed by atoms with Crippen LogP contribution in [0.1, 0.15) is 44.5 Å². The van der Waals surface area contributed by atoms with Crippen molar-refractivity contribution in [3.8, 4) is 11.1 Å². The second-order valence-corrected chi connectivity index (χ2v) is 10.6. The lowest BCUT2D eigenvalue weighted by Crippen LogP contribution is -2.13. The van der Waals surface area contributed by atoms with Crippen LogP contribution in [-0.2, 0) is 25.8 Å². The van der Waals surface area contributed by atoms with Gasteiger partial charge in [-0.05, 0) is 59.4 Å². The van der Waals surface area contributed by atoms with E-state index < -0.39 is 9.84 Å². The summed E-state index contributed by atoms with van der Waals surface area (Å²) in [5.74, 6) is 0.0753. The van der Waals surface area contributed by atoms with Gasteiger partial charge in [0.25, 0.3) is 0 Å². The van der Waals surface area contributed by atoms with Gasteiger partial charge in [-0.3, -0.25) is 9.78 Å². The highest BCUT2D eigenvalue weighted by Crippen LogP contribution is 2.28. The number of anilines is 1. The highest BCUT2D eigenvalue weighted by molar-refractivity contribution is 7.90. The standard InChI is InChI=1S/C24H27N3O3S/c1-16-20(15-31(29,30)22-8-6-7-21(13-22)24(3,4)5)11-19(14-26-16)18-9-10-25-23(12-18)27-17(2)28/h6-14H,15H2,1-5H3,(H,25,27,28). The molecule has 0 fully saturated rings. The Morgan fingerprint density at radius 3 is 2.45 bits per heavy atom. The Kier molecular flexibility index (Phi) is 6.27. The van der Waals surface area contributed by atoms with Crippen LogP contribution in [0.5, 0.6) is 0 Å². The lowest BCUT2D eigenvalue weighted by atomic mass is 9.87. The lowest BCUT2D eigenvalue weighted by molar-refractivity contribution is -0.114. The van der Waals surface area contributed by atoms with Crippen LogP contribution in [0, 0.1) is 6.92 Å². The van der Waals surface area contributed by atoms with Crippen LogP contribution in [-0.4, -0.2) is 24.3 Å². The first-order valence-corrected chi connectivity index (χ1v) is 11.6. The summed E-state index contributed by atoms with van der Waals surface area (Å²) < 4.78 is 26.3. The van der Waals surface area contributed by atoms with E-state index in [4.69, 9.17) is 0 Å². The van der Waals surface area contributed by atoms with Gasteiger partial charge >= 0.3 is 0 Å². The van der Waals surface area contributed by atoms with Crippen LogP contribution in [0.4, 0.5) is 5.82 Å². The Morgan fingerprint density at radius 1 is 1.03 bits per heavy atom. The molecule has 0 aliphatic heterocycles. The minimum absolute atomic E-state index is 0.142. The van der Waals surface area contributed by atoms with E-state index in [0.717, 1.165) is 16.7 Å². The molecule has 7 heteroatoms. The molecule has 2 aromatic heterocycles. The van der Waals surface area contributed by atoms with Gasteiger partial charge in [-0.2, -0.15) is 0 Å². The molecular formula is C24H27N3O3S. The molecule has 0 spiro atoms. The van der Waals surface area contributed by atoms with Gasteiger partial charge in [0, 0.05) is 30.6 Å². The number of aromatic nitrogens is 2. The molecule has 3 rings (SSSR count). The first-order valence-electron chi connectivity index (χ1n) is 9.98. The minimum atomic E-state index is -3.55. The van der Waals surface area contributed by atoms with Crippen molar-refractivity contribution in [1.82, 2.24) is 9.97 Å². The predicted octanol–water partition coefficient (Wildman–Crippen LogP) is 4.68. The first-order chi connectivity index (χ1) is 14.5. The lowest BCUT2D eigenvalue weighted by Gasteiger charge is -2.19. The topological polar surface area (TPSA) is 89.0 Å². The smallest absolute Gasteiger partial charge is 0.222 e. The largest absolute Gasteiger partial charge is 0.311 e. The highest BCUT2D eigenvalue weighted by atomic mass is 32.2. The molecule has 1 aromatic carbocycles. The van der Waals surface area contributed by atoms with Crippen molar-refractivity contribution >= 4 is 21.6 Å². The summed E-state index contributed by atoms with van der Waals surface area (Å²) >= 11 is 0. The SMILES string of the molecule is CC(=O)Nc1cc(-c2cnc(C)c(CS(=O)(=O)c3cccc(C(C)(C)C)c3)c2)ccn1. The van der Waals surface area contributed by atoms with Crippen molar-refractivity contribution < 1.29 is 13.2 Å². The predicted molar refractivity (Wildman–Crippen MR) is 123 cm³/mol. The summed E-state index contributed by atoms with van der Waals surface area (Å²) in [5.41, 5.74) is 3.68. The van der Waals surface area contributed by atoms with Crippen LogP contribution in [0.25, 0.3) is 11.1 Å². The maximum atomic E-state index is 13.2. The van der Waals surface area contributed by atoms with Crippen LogP contribution in [0.2, 0.25) is 0 Å². The number of aryl methyl sites for hydroxylation is 1. The van der Waals surface area contributed by atoms with E-state index in [-0.39, 0.29) is 17.1 Å². The fourth-order valence-electron chi connectivity index (χ4n) is 3.19. The summed E-state index contributed by atoms with van der Waals surface area (Å²) in [5, 5.41) is 2.65. The zero-order chi connectivity index (χ0) is 22.8. The molecule has 0 aliphatic rings. The second-order valence-electron chi connectivity index (χ2n) is 8.62. The molecule has 0 atom stereocenters. The van der Waals surface area contributed by atoms with Crippen molar-refractivity contribution in [2.75, 3.05) is 5.32 Å². The van der Waals surface area contributed by atoms with Crippen molar-refractivity contribution in [2.45, 2.75) is 50.7 Å². The fourth-order valence-corrected chi connectivity index (χ4v) is 4.65. The average Bonchev–Trinajstić information content (AvgIpc) is 2.69. The van der Waals surface area contributed by atoms with Gasteiger partial charge < -0.3 is 5.32 Å². The highest BCUT2D eigenvalue weighted by Gasteiger charge is 2.21. The maximum absolute atomic E-state index is 13.2. The Balaban J connectivity index is 1.95. The van der Waals surface area contributed by atoms with E-state index in [9.17, 15) is 13.2 Å². The van der Waals surface area contributed by atoms with Gasteiger partial charge in [-0.1, -0.05) is 32.9 Å². The molecule has 0 radical (unpaired) electrons. The molecule has 2 heterocycles. The van der Waals surface area contributed by atoms with E-state index in [1.165, 1.54) is 6.92 Å². The number of nitrogens with zero attached hydrogens (tertiary/aromatic N) is 2. The van der Waals surface area contributed by atoms with E-state index in [1.807, 2.05) is 12.1 Å². The minimum Gasteiger partial charge on any atom is -0.311 e. The maximum Gasteiger partial charge on any atom is 0.222 e. The molecule has 0 saturated carbocycles. The number of amides is 1. The van der Waals surface area contributed by atoms with E-state index >= 15 is 0 Å². The first kappa shape index (κ1) is 22.6. The van der Waals surface area contributed by atoms with E-state index in [1.54, 1.807) is 49.6 Å². The number of pyridine rings is 2. The van der Waals surface area contributed by atoms with Gasteiger partial charge in [0.2, 0.25) is 5.91 Å². The molecule has 0 unspecified atom stereocenters. The number of sulfone groups is 1. The fraction of sp³-hybridized carbons (Fsp3) is 0.292. The third-order valence-corrected chi connectivity index (χ3v) is 6.66. The molecule has 0 aliphatic carbocycles. The second kappa shape index (κ2) is 8.59. The number of carbonyl (C=O) groups is 1. The van der Waals surface area contributed by atoms with Gasteiger partial charge in [-0.15, -0.1) is 0 Å². The molecule has 0 saturated heterocycles. The number of carbonyl (C=O) groups excluding carboxylic acids is 1. The number of hydrogen-bond acceptors (Lipinski definition) is 5. The van der Waals surface area contributed by atoms with Crippen LogP contribution in [0.15, 0.2) is 59.8 Å². The van der Waals surface area contributed by atoms with Crippen LogP contribution in [0.3, 0.4) is 0 Å². The van der Waals surface area contributed by atoms with Crippen LogP contribution < -0.4 is 5.32 Å². The molecule has 6 nitrogen and oxygen atoms in total. The van der Waals surface area contributed by atoms with Gasteiger partial charge in [0.15, 0.2) is 9.84 Å². The Labute approximate surface area is 183 Å². The Morgan fingerprint density at radius 2 is 1.77 bits per heavy atom. The van der Waals surface area contributed by atoms with Crippen molar-refractivity contribution in [1.29, 1.82) is 0 Å². The number of benzene rings is 1. The molecule has 31 heavy (non-hydrogen) atoms. The molecular weight excluding hydrogens is 410 g/mol. The van der Waals surface area contributed by atoms with Crippen molar-refractivity contribution in [3.63, 3.8) is 0 Å². The third kappa shape index (κ3) is 5.55. The van der Waals surface area contributed by atoms with E-state index in [2.05, 4.69) is 36.1 Å². The number of hydrogen-bond donors (Lipinski definition) is 1. The molecule has 3 aromatic rings. The van der Waals surface area contributed by atoms with E-state index in [0.29, 0.717) is 22.0 Å². The monoisotopic (exact) mass is 437 g/mol. The summed E-state index contributed by atoms with van der Waals surface area (Å²) in [6.07, 6.45) is 3.29. The average molecular weight is 438 g/mol. The summed E-state index contributed by atoms with van der Waals surface area (Å²) in [4.78, 5) is 20.1. The zero-order valence-corrected chi connectivity index (χ0v) is 19.2. The van der Waals surface area contributed by atoms with Gasteiger partial charge in [0.1, 0.15) is 5.82 Å². The zero-order valence-electron chi connectivity index (χ0n) is 18.4. The molecule has 162 valence electrons. The molecule has 1 N–H and O–H groups in total. The normalized spacial score (nSPS) is 11.9. The third-order valence-electron chi connectivity index (χ3n) is 4.99. The van der Waals surface area contributed by atoms with Crippen molar-refractivity contribution in [2.24, 2.45) is 0 Å². The summed E-state index contributed by atoms with van der Waals surface area (Å²) in [6, 6.07) is 12.5. The summed E-state index contributed by atoms with van der Waals surface area (Å²) in [6.45, 7) is 9.38. The number of rotatable bonds is 5. The summed E-state index contributed by atoms with van der Waals surface area (Å²) in [7, 11) is -3.55. The molecule has 1 amide bonds. The van der Waals surface area contributed by atoms with Gasteiger partial charge in [-0.25, -0.2) is 13.4 Å². The van der Waals surface area contributed by atoms with Crippen LogP contribution >= 0.6 is 0 Å². The Hall–Kier alpha value is -3.06. The molecule has 0 bridgehead atoms. The number of nitrogens with one attached hydrogen (secondary N) is 1. The quantitative estimate of drug-likeness (QED) is 0.626. The van der Waals surface area contributed by atoms with Gasteiger partial charge in [0.05, 0.1) is 10.6 Å². The van der Waals surface area contributed by atoms with Crippen molar-refractivity contribution in [3.05, 3.63) is 71.7 Å².